The van der Waals surface area contributed by atoms with Gasteiger partial charge < -0.3 is 10.8 Å². The molecule has 0 unspecified atom stereocenters. The number of rotatable bonds is 5. The summed E-state index contributed by atoms with van der Waals surface area (Å²) in [5.74, 6) is -3.74. The predicted octanol–water partition coefficient (Wildman–Crippen LogP) is 2.58. The van der Waals surface area contributed by atoms with Crippen LogP contribution in [0, 0.1) is 19.7 Å². The molecule has 9 nitrogen and oxygen atoms in total. The Hall–Kier alpha value is -4.60. The normalized spacial score (nSPS) is 15.6. The lowest BCUT2D eigenvalue weighted by atomic mass is 9.85. The Balaban J connectivity index is 1.93. The third-order valence-electron chi connectivity index (χ3n) is 5.82. The van der Waals surface area contributed by atoms with Crippen molar-refractivity contribution in [3.63, 3.8) is 0 Å². The molecule has 2 amide bonds. The van der Waals surface area contributed by atoms with Gasteiger partial charge in [0.1, 0.15) is 5.82 Å². The van der Waals surface area contributed by atoms with Gasteiger partial charge in [-0.05, 0) is 54.8 Å². The lowest BCUT2D eigenvalue weighted by molar-refractivity contribution is -0.133. The molecule has 0 saturated heterocycles. The SMILES string of the molecule is Cc1cnn(-c2cc(C(N)=O)c(C)cc2N2C=C(C(=O)O)[C@H](c3ccc(F)cc3)CC2=O)c(=O)c1. The van der Waals surface area contributed by atoms with Crippen molar-refractivity contribution in [2.45, 2.75) is 26.2 Å². The van der Waals surface area contributed by atoms with Crippen LogP contribution in [-0.4, -0.2) is 32.7 Å². The average Bonchev–Trinajstić information content (AvgIpc) is 2.79. The minimum atomic E-state index is -1.26. The van der Waals surface area contributed by atoms with Crippen molar-refractivity contribution in [3.8, 4) is 5.69 Å². The van der Waals surface area contributed by atoms with Crippen LogP contribution in [-0.2, 0) is 9.59 Å². The number of carbonyl (C=O) groups excluding carboxylic acids is 2. The molecule has 3 aromatic rings. The summed E-state index contributed by atoms with van der Waals surface area (Å²) in [7, 11) is 0. The summed E-state index contributed by atoms with van der Waals surface area (Å²) in [4.78, 5) is 51.2. The Morgan fingerprint density at radius 2 is 1.77 bits per heavy atom. The van der Waals surface area contributed by atoms with E-state index in [2.05, 4.69) is 5.10 Å². The molecule has 1 aliphatic heterocycles. The summed E-state index contributed by atoms with van der Waals surface area (Å²) in [6.45, 7) is 3.30. The number of halogens is 1. The molecule has 0 radical (unpaired) electrons. The Kier molecular flexibility index (Phi) is 6.04. The predicted molar refractivity (Wildman–Crippen MR) is 125 cm³/mol. The number of carboxylic acids is 1. The van der Waals surface area contributed by atoms with Gasteiger partial charge >= 0.3 is 5.97 Å². The number of carbonyl (C=O) groups is 3. The highest BCUT2D eigenvalue weighted by molar-refractivity contribution is 6.04. The number of carboxylic acid groups (broad SMARTS) is 1. The molecule has 0 saturated carbocycles. The van der Waals surface area contributed by atoms with Gasteiger partial charge in [0.15, 0.2) is 0 Å². The smallest absolute Gasteiger partial charge is 0.333 e. The summed E-state index contributed by atoms with van der Waals surface area (Å²) in [6, 6.07) is 9.44. The second-order valence-electron chi connectivity index (χ2n) is 8.26. The molecule has 0 fully saturated rings. The minimum absolute atomic E-state index is 0.0870. The standard InChI is InChI=1S/C25H21FN4O5/c1-13-7-23(32)30(28-11-13)21-9-17(24(27)33)14(2)8-20(21)29-12-19(25(34)35)18(10-22(29)31)15-3-5-16(26)6-4-15/h3-9,11-12,18H,10H2,1-2H3,(H2,27,33)(H,34,35)/t18-/m0/s1. The van der Waals surface area contributed by atoms with Crippen LogP contribution in [0.4, 0.5) is 10.1 Å². The highest BCUT2D eigenvalue weighted by Crippen LogP contribution is 2.37. The summed E-state index contributed by atoms with van der Waals surface area (Å²) in [6.07, 6.45) is 2.41. The van der Waals surface area contributed by atoms with Crippen LogP contribution < -0.4 is 16.2 Å². The molecule has 1 atom stereocenters. The van der Waals surface area contributed by atoms with Gasteiger partial charge in [0, 0.05) is 30.2 Å². The minimum Gasteiger partial charge on any atom is -0.478 e. The Labute approximate surface area is 198 Å². The van der Waals surface area contributed by atoms with Gasteiger partial charge in [0.05, 0.1) is 23.1 Å². The van der Waals surface area contributed by atoms with Crippen molar-refractivity contribution >= 4 is 23.5 Å². The van der Waals surface area contributed by atoms with Crippen LogP contribution in [0.2, 0.25) is 0 Å². The molecular weight excluding hydrogens is 455 g/mol. The molecule has 1 aromatic heterocycles. The molecule has 2 heterocycles. The number of nitrogens with two attached hydrogens (primary N) is 1. The Morgan fingerprint density at radius 3 is 2.37 bits per heavy atom. The number of hydrogen-bond acceptors (Lipinski definition) is 5. The summed E-state index contributed by atoms with van der Waals surface area (Å²) in [5, 5.41) is 14.0. The summed E-state index contributed by atoms with van der Waals surface area (Å²) < 4.78 is 14.4. The van der Waals surface area contributed by atoms with Crippen molar-refractivity contribution in [3.05, 3.63) is 98.9 Å². The van der Waals surface area contributed by atoms with E-state index in [4.69, 9.17) is 5.73 Å². The third kappa shape index (κ3) is 4.45. The topological polar surface area (TPSA) is 136 Å². The fourth-order valence-electron chi connectivity index (χ4n) is 4.07. The van der Waals surface area contributed by atoms with Gasteiger partial charge in [-0.3, -0.25) is 19.3 Å². The monoisotopic (exact) mass is 476 g/mol. The first-order valence-corrected chi connectivity index (χ1v) is 10.6. The molecule has 0 bridgehead atoms. The molecule has 2 aromatic carbocycles. The van der Waals surface area contributed by atoms with Gasteiger partial charge in [0.2, 0.25) is 11.8 Å². The Bertz CT molecular complexity index is 1460. The van der Waals surface area contributed by atoms with Crippen molar-refractivity contribution in [2.75, 3.05) is 4.90 Å². The lowest BCUT2D eigenvalue weighted by Gasteiger charge is -2.31. The van der Waals surface area contributed by atoms with E-state index in [9.17, 15) is 28.7 Å². The van der Waals surface area contributed by atoms with E-state index in [0.717, 1.165) is 9.58 Å². The summed E-state index contributed by atoms with van der Waals surface area (Å²) >= 11 is 0. The zero-order valence-corrected chi connectivity index (χ0v) is 18.9. The molecule has 178 valence electrons. The molecule has 0 aliphatic carbocycles. The van der Waals surface area contributed by atoms with Gasteiger partial charge in [-0.1, -0.05) is 12.1 Å². The molecule has 1 aliphatic rings. The maximum Gasteiger partial charge on any atom is 0.333 e. The quantitative estimate of drug-likeness (QED) is 0.581. The first-order chi connectivity index (χ1) is 16.6. The fourth-order valence-corrected chi connectivity index (χ4v) is 4.07. The van der Waals surface area contributed by atoms with E-state index in [1.807, 2.05) is 0 Å². The van der Waals surface area contributed by atoms with Crippen molar-refractivity contribution in [1.82, 2.24) is 9.78 Å². The van der Waals surface area contributed by atoms with E-state index in [0.29, 0.717) is 16.7 Å². The van der Waals surface area contributed by atoms with E-state index < -0.39 is 35.1 Å². The molecule has 3 N–H and O–H groups in total. The van der Waals surface area contributed by atoms with E-state index in [1.54, 1.807) is 13.8 Å². The lowest BCUT2D eigenvalue weighted by Crippen LogP contribution is -2.36. The average molecular weight is 476 g/mol. The number of aromatic nitrogens is 2. The molecular formula is C25H21FN4O5. The highest BCUT2D eigenvalue weighted by Gasteiger charge is 2.34. The van der Waals surface area contributed by atoms with Crippen molar-refractivity contribution < 1.29 is 23.9 Å². The number of amides is 2. The largest absolute Gasteiger partial charge is 0.478 e. The van der Waals surface area contributed by atoms with Crippen LogP contribution >= 0.6 is 0 Å². The van der Waals surface area contributed by atoms with Crippen LogP contribution in [0.25, 0.3) is 5.69 Å². The Morgan fingerprint density at radius 1 is 1.09 bits per heavy atom. The highest BCUT2D eigenvalue weighted by atomic mass is 19.1. The molecule has 10 heteroatoms. The van der Waals surface area contributed by atoms with Crippen molar-refractivity contribution in [2.24, 2.45) is 5.73 Å². The second-order valence-corrected chi connectivity index (χ2v) is 8.26. The number of benzene rings is 2. The van der Waals surface area contributed by atoms with Gasteiger partial charge in [-0.2, -0.15) is 9.78 Å². The number of anilines is 1. The van der Waals surface area contributed by atoms with Crippen LogP contribution in [0.15, 0.2) is 65.2 Å². The van der Waals surface area contributed by atoms with Gasteiger partial charge in [-0.15, -0.1) is 0 Å². The van der Waals surface area contributed by atoms with E-state index in [-0.39, 0.29) is 28.9 Å². The first kappa shape index (κ1) is 23.6. The molecule has 4 rings (SSSR count). The number of aryl methyl sites for hydroxylation is 2. The number of hydrogen-bond donors (Lipinski definition) is 2. The fraction of sp³-hybridized carbons (Fsp3) is 0.160. The van der Waals surface area contributed by atoms with Gasteiger partial charge in [-0.25, -0.2) is 9.18 Å². The van der Waals surface area contributed by atoms with Crippen LogP contribution in [0.1, 0.15) is 39.4 Å². The maximum atomic E-state index is 13.4. The van der Waals surface area contributed by atoms with E-state index >= 15 is 0 Å². The third-order valence-corrected chi connectivity index (χ3v) is 5.82. The number of primary amides is 1. The molecule has 35 heavy (non-hydrogen) atoms. The second kappa shape index (κ2) is 8.98. The first-order valence-electron chi connectivity index (χ1n) is 10.6. The zero-order valence-electron chi connectivity index (χ0n) is 18.9. The van der Waals surface area contributed by atoms with Crippen molar-refractivity contribution in [1.29, 1.82) is 0 Å². The van der Waals surface area contributed by atoms with Crippen LogP contribution in [0.3, 0.4) is 0 Å². The number of nitrogens with zero attached hydrogens (tertiary/aromatic N) is 3. The maximum absolute atomic E-state index is 13.4. The summed E-state index contributed by atoms with van der Waals surface area (Å²) in [5.41, 5.74) is 6.76. The molecule has 0 spiro atoms. The van der Waals surface area contributed by atoms with E-state index in [1.165, 1.54) is 54.9 Å². The van der Waals surface area contributed by atoms with Gasteiger partial charge in [0.25, 0.3) is 5.56 Å². The number of aliphatic carboxylic acids is 1. The van der Waals surface area contributed by atoms with Crippen LogP contribution in [0.5, 0.6) is 0 Å². The zero-order chi connectivity index (χ0) is 25.4.